The average molecular weight is 404 g/mol. The summed E-state index contributed by atoms with van der Waals surface area (Å²) in [6, 6.07) is 6.07. The number of esters is 1. The average Bonchev–Trinajstić information content (AvgIpc) is 3.02. The normalized spacial score (nSPS) is 16.7. The minimum atomic E-state index is -0.487. The van der Waals surface area contributed by atoms with Crippen molar-refractivity contribution in [3.63, 3.8) is 0 Å². The number of nitrogens with zero attached hydrogens (tertiary/aromatic N) is 1. The van der Waals surface area contributed by atoms with Gasteiger partial charge in [-0.1, -0.05) is 12.1 Å². The fourth-order valence-corrected chi connectivity index (χ4v) is 3.43. The number of benzene rings is 1. The molecule has 1 fully saturated rings. The number of aryl methyl sites for hydroxylation is 1. The molecule has 1 atom stereocenters. The van der Waals surface area contributed by atoms with Crippen molar-refractivity contribution in [1.29, 1.82) is 0 Å². The highest BCUT2D eigenvalue weighted by Gasteiger charge is 2.30. The molecule has 1 aromatic carbocycles. The predicted octanol–water partition coefficient (Wildman–Crippen LogP) is 2.79. The molecule has 1 amide bonds. The first-order valence-corrected chi connectivity index (χ1v) is 9.44. The van der Waals surface area contributed by atoms with Crippen LogP contribution in [0, 0.1) is 19.7 Å². The number of nitrogens with one attached hydrogen (secondary N) is 1. The van der Waals surface area contributed by atoms with Crippen molar-refractivity contribution in [2.45, 2.75) is 20.0 Å². The molecule has 1 saturated heterocycles. The number of carbonyl (C=O) groups excluding carboxylic acids is 2. The Morgan fingerprint density at radius 1 is 1.24 bits per heavy atom. The van der Waals surface area contributed by atoms with E-state index >= 15 is 0 Å². The van der Waals surface area contributed by atoms with Gasteiger partial charge in [0.2, 0.25) is 0 Å². The molecule has 1 aliphatic heterocycles. The molecule has 0 radical (unpaired) electrons. The zero-order valence-electron chi connectivity index (χ0n) is 16.8. The fraction of sp³-hybridized carbons (Fsp3) is 0.429. The summed E-state index contributed by atoms with van der Waals surface area (Å²) in [5, 5.41) is 0. The third-order valence-electron chi connectivity index (χ3n) is 4.97. The van der Waals surface area contributed by atoms with E-state index in [0.717, 1.165) is 5.56 Å². The van der Waals surface area contributed by atoms with E-state index in [1.54, 1.807) is 30.9 Å². The lowest BCUT2D eigenvalue weighted by Crippen LogP contribution is -2.42. The number of carbonyl (C=O) groups is 2. The summed E-state index contributed by atoms with van der Waals surface area (Å²) < 4.78 is 29.0. The third-order valence-corrected chi connectivity index (χ3v) is 4.97. The molecule has 0 bridgehead atoms. The molecule has 8 heteroatoms. The van der Waals surface area contributed by atoms with Gasteiger partial charge in [-0.25, -0.2) is 9.18 Å². The zero-order valence-corrected chi connectivity index (χ0v) is 16.8. The van der Waals surface area contributed by atoms with E-state index in [9.17, 15) is 14.0 Å². The van der Waals surface area contributed by atoms with Gasteiger partial charge in [-0.15, -0.1) is 0 Å². The SMILES string of the molecule is COCCOC(=O)c1c(C)[nH]c(C(=O)N2CCO[C@@H](c3ccc(F)cc3)C2)c1C. The number of hydrogen-bond acceptors (Lipinski definition) is 5. The number of rotatable bonds is 6. The molecule has 29 heavy (non-hydrogen) atoms. The largest absolute Gasteiger partial charge is 0.460 e. The van der Waals surface area contributed by atoms with Crippen LogP contribution < -0.4 is 0 Å². The Morgan fingerprint density at radius 2 is 1.97 bits per heavy atom. The van der Waals surface area contributed by atoms with Crippen LogP contribution in [0.1, 0.15) is 43.8 Å². The highest BCUT2D eigenvalue weighted by atomic mass is 19.1. The Kier molecular flexibility index (Phi) is 6.66. The van der Waals surface area contributed by atoms with Gasteiger partial charge in [-0.05, 0) is 37.1 Å². The van der Waals surface area contributed by atoms with Gasteiger partial charge in [-0.3, -0.25) is 4.79 Å². The molecule has 3 rings (SSSR count). The summed E-state index contributed by atoms with van der Waals surface area (Å²) in [6.07, 6.45) is -0.330. The number of methoxy groups -OCH3 is 1. The number of H-pyrrole nitrogens is 1. The van der Waals surface area contributed by atoms with E-state index in [2.05, 4.69) is 4.98 Å². The number of ether oxygens (including phenoxy) is 3. The molecule has 1 N–H and O–H groups in total. The molecule has 156 valence electrons. The summed E-state index contributed by atoms with van der Waals surface area (Å²) in [4.78, 5) is 30.2. The maximum atomic E-state index is 13.2. The van der Waals surface area contributed by atoms with Crippen molar-refractivity contribution >= 4 is 11.9 Å². The molecule has 1 aliphatic rings. The van der Waals surface area contributed by atoms with Crippen molar-refractivity contribution in [3.8, 4) is 0 Å². The van der Waals surface area contributed by atoms with E-state index in [-0.39, 0.29) is 24.4 Å². The maximum Gasteiger partial charge on any atom is 0.340 e. The first-order valence-electron chi connectivity index (χ1n) is 9.44. The van der Waals surface area contributed by atoms with Gasteiger partial charge in [0.05, 0.1) is 25.3 Å². The molecular weight excluding hydrogens is 379 g/mol. The lowest BCUT2D eigenvalue weighted by molar-refractivity contribution is -0.0230. The number of aromatic amines is 1. The second kappa shape index (κ2) is 9.19. The van der Waals surface area contributed by atoms with Crippen molar-refractivity contribution in [3.05, 3.63) is 58.2 Å². The third kappa shape index (κ3) is 4.65. The molecule has 0 unspecified atom stereocenters. The zero-order chi connectivity index (χ0) is 21.0. The lowest BCUT2D eigenvalue weighted by atomic mass is 10.1. The van der Waals surface area contributed by atoms with E-state index in [1.165, 1.54) is 19.2 Å². The standard InChI is InChI=1S/C21H25FN2O5/c1-13-18(21(26)29-11-10-27-3)14(2)23-19(13)20(25)24-8-9-28-17(12-24)15-4-6-16(22)7-5-15/h4-7,17,23H,8-12H2,1-3H3/t17-/m1/s1. The summed E-state index contributed by atoms with van der Waals surface area (Å²) in [7, 11) is 1.53. The van der Waals surface area contributed by atoms with Crippen LogP contribution in [0.5, 0.6) is 0 Å². The van der Waals surface area contributed by atoms with Gasteiger partial charge in [-0.2, -0.15) is 0 Å². The molecular formula is C21H25FN2O5. The van der Waals surface area contributed by atoms with E-state index in [4.69, 9.17) is 14.2 Å². The van der Waals surface area contributed by atoms with Crippen LogP contribution in [0.3, 0.4) is 0 Å². The number of halogens is 1. The van der Waals surface area contributed by atoms with Gasteiger partial charge in [0, 0.05) is 19.3 Å². The van der Waals surface area contributed by atoms with Crippen LogP contribution in [0.4, 0.5) is 4.39 Å². The second-order valence-electron chi connectivity index (χ2n) is 6.92. The molecule has 0 spiro atoms. The smallest absolute Gasteiger partial charge is 0.340 e. The van der Waals surface area contributed by atoms with Crippen LogP contribution in [0.2, 0.25) is 0 Å². The Bertz CT molecular complexity index is 878. The van der Waals surface area contributed by atoms with Gasteiger partial charge in [0.1, 0.15) is 24.2 Å². The van der Waals surface area contributed by atoms with Crippen LogP contribution in [0.15, 0.2) is 24.3 Å². The molecule has 2 heterocycles. The summed E-state index contributed by atoms with van der Waals surface area (Å²) in [5.41, 5.74) is 2.68. The van der Waals surface area contributed by atoms with E-state index < -0.39 is 5.97 Å². The van der Waals surface area contributed by atoms with E-state index in [0.29, 0.717) is 48.8 Å². The van der Waals surface area contributed by atoms with Crippen LogP contribution in [-0.4, -0.2) is 61.8 Å². The number of hydrogen-bond donors (Lipinski definition) is 1. The van der Waals surface area contributed by atoms with Crippen LogP contribution in [0.25, 0.3) is 0 Å². The first-order chi connectivity index (χ1) is 13.9. The monoisotopic (exact) mass is 404 g/mol. The molecule has 2 aromatic rings. The minimum Gasteiger partial charge on any atom is -0.460 e. The highest BCUT2D eigenvalue weighted by molar-refractivity contribution is 6.00. The van der Waals surface area contributed by atoms with Crippen molar-refractivity contribution in [2.24, 2.45) is 0 Å². The quantitative estimate of drug-likeness (QED) is 0.592. The number of morpholine rings is 1. The van der Waals surface area contributed by atoms with Crippen molar-refractivity contribution < 1.29 is 28.2 Å². The molecule has 7 nitrogen and oxygen atoms in total. The van der Waals surface area contributed by atoms with Gasteiger partial charge in [0.25, 0.3) is 5.91 Å². The van der Waals surface area contributed by atoms with E-state index in [1.807, 2.05) is 0 Å². The maximum absolute atomic E-state index is 13.2. The van der Waals surface area contributed by atoms with Gasteiger partial charge < -0.3 is 24.1 Å². The number of aromatic nitrogens is 1. The van der Waals surface area contributed by atoms with Gasteiger partial charge >= 0.3 is 5.97 Å². The summed E-state index contributed by atoms with van der Waals surface area (Å²) in [6.45, 7) is 5.05. The fourth-order valence-electron chi connectivity index (χ4n) is 3.43. The highest BCUT2D eigenvalue weighted by Crippen LogP contribution is 2.26. The summed E-state index contributed by atoms with van der Waals surface area (Å²) in [5.74, 6) is -1.02. The second-order valence-corrected chi connectivity index (χ2v) is 6.92. The Balaban J connectivity index is 1.75. The lowest BCUT2D eigenvalue weighted by Gasteiger charge is -2.33. The topological polar surface area (TPSA) is 80.9 Å². The Labute approximate surface area is 168 Å². The molecule has 0 aliphatic carbocycles. The van der Waals surface area contributed by atoms with Crippen LogP contribution in [-0.2, 0) is 14.2 Å². The van der Waals surface area contributed by atoms with Crippen LogP contribution >= 0.6 is 0 Å². The number of amides is 1. The van der Waals surface area contributed by atoms with Crippen molar-refractivity contribution in [2.75, 3.05) is 40.0 Å². The van der Waals surface area contributed by atoms with Gasteiger partial charge in [0.15, 0.2) is 0 Å². The predicted molar refractivity (Wildman–Crippen MR) is 103 cm³/mol. The Hall–Kier alpha value is -2.71. The van der Waals surface area contributed by atoms with Crippen molar-refractivity contribution in [1.82, 2.24) is 9.88 Å². The Morgan fingerprint density at radius 3 is 2.66 bits per heavy atom. The molecule has 1 aromatic heterocycles. The first kappa shape index (κ1) is 21.0. The molecule has 0 saturated carbocycles. The summed E-state index contributed by atoms with van der Waals surface area (Å²) >= 11 is 0. The minimum absolute atomic E-state index is 0.144.